The summed E-state index contributed by atoms with van der Waals surface area (Å²) >= 11 is 0. The largest absolute Gasteiger partial charge is 0.448 e. The zero-order valence-corrected chi connectivity index (χ0v) is 9.88. The van der Waals surface area contributed by atoms with Crippen molar-refractivity contribution in [3.05, 3.63) is 42.2 Å². The molecule has 0 unspecified atom stereocenters. The highest BCUT2D eigenvalue weighted by molar-refractivity contribution is 5.73. The number of benzene rings is 1. The first-order chi connectivity index (χ1) is 8.22. The molecular weight excluding hydrogens is 216 g/mol. The highest BCUT2D eigenvalue weighted by Gasteiger charge is 2.12. The Morgan fingerprint density at radius 1 is 1.35 bits per heavy atom. The Kier molecular flexibility index (Phi) is 3.23. The van der Waals surface area contributed by atoms with Crippen molar-refractivity contribution >= 4 is 6.09 Å². The molecule has 4 heteroatoms. The van der Waals surface area contributed by atoms with E-state index in [1.165, 1.54) is 4.68 Å². The maximum atomic E-state index is 11.5. The molecule has 0 spiro atoms. The third-order valence-electron chi connectivity index (χ3n) is 2.44. The smallest absolute Gasteiger partial charge is 0.434 e. The van der Waals surface area contributed by atoms with Crippen LogP contribution in [0.25, 0.3) is 11.1 Å². The molecule has 0 bridgehead atoms. The van der Waals surface area contributed by atoms with Crippen LogP contribution >= 0.6 is 0 Å². The van der Waals surface area contributed by atoms with E-state index in [1.54, 1.807) is 13.1 Å². The van der Waals surface area contributed by atoms with Crippen LogP contribution in [0, 0.1) is 6.92 Å². The topological polar surface area (TPSA) is 44.1 Å². The molecular formula is C13H14N2O2. The van der Waals surface area contributed by atoms with Gasteiger partial charge in [-0.15, -0.1) is 0 Å². The number of ether oxygens (including phenoxy) is 1. The highest BCUT2D eigenvalue weighted by Crippen LogP contribution is 2.21. The monoisotopic (exact) mass is 230 g/mol. The summed E-state index contributed by atoms with van der Waals surface area (Å²) in [6, 6.07) is 9.83. The molecule has 1 heterocycles. The van der Waals surface area contributed by atoms with Gasteiger partial charge in [-0.2, -0.15) is 9.78 Å². The van der Waals surface area contributed by atoms with Crippen LogP contribution in [0.5, 0.6) is 0 Å². The van der Waals surface area contributed by atoms with E-state index in [0.717, 1.165) is 16.8 Å². The number of hydrogen-bond acceptors (Lipinski definition) is 3. The van der Waals surface area contributed by atoms with Crippen molar-refractivity contribution in [3.63, 3.8) is 0 Å². The second-order valence-electron chi connectivity index (χ2n) is 3.64. The van der Waals surface area contributed by atoms with Crippen LogP contribution in [-0.2, 0) is 4.74 Å². The average molecular weight is 230 g/mol. The Labute approximate surface area is 99.8 Å². The molecule has 0 aliphatic rings. The highest BCUT2D eigenvalue weighted by atomic mass is 16.5. The molecule has 17 heavy (non-hydrogen) atoms. The number of nitrogens with zero attached hydrogens (tertiary/aromatic N) is 2. The van der Waals surface area contributed by atoms with Crippen LogP contribution in [0.2, 0.25) is 0 Å². The second-order valence-corrected chi connectivity index (χ2v) is 3.64. The van der Waals surface area contributed by atoms with Gasteiger partial charge < -0.3 is 4.74 Å². The molecule has 4 nitrogen and oxygen atoms in total. The van der Waals surface area contributed by atoms with E-state index in [2.05, 4.69) is 5.10 Å². The Morgan fingerprint density at radius 3 is 2.71 bits per heavy atom. The van der Waals surface area contributed by atoms with Gasteiger partial charge in [0.1, 0.15) is 0 Å². The second kappa shape index (κ2) is 4.82. The lowest BCUT2D eigenvalue weighted by molar-refractivity contribution is 0.150. The molecule has 0 N–H and O–H groups in total. The summed E-state index contributed by atoms with van der Waals surface area (Å²) in [4.78, 5) is 11.5. The van der Waals surface area contributed by atoms with Crippen molar-refractivity contribution in [2.45, 2.75) is 13.8 Å². The Bertz CT molecular complexity index is 517. The van der Waals surface area contributed by atoms with Gasteiger partial charge in [0.05, 0.1) is 12.3 Å². The SMILES string of the molecule is CCOC(=O)n1cc(-c2ccccc2)c(C)n1. The number of aryl methyl sites for hydroxylation is 1. The van der Waals surface area contributed by atoms with E-state index >= 15 is 0 Å². The molecule has 0 aliphatic heterocycles. The third-order valence-corrected chi connectivity index (χ3v) is 2.44. The van der Waals surface area contributed by atoms with Gasteiger partial charge in [-0.1, -0.05) is 30.3 Å². The first-order valence-electron chi connectivity index (χ1n) is 5.51. The summed E-state index contributed by atoms with van der Waals surface area (Å²) in [5.41, 5.74) is 2.79. The van der Waals surface area contributed by atoms with Gasteiger partial charge in [-0.25, -0.2) is 4.79 Å². The van der Waals surface area contributed by atoms with Crippen molar-refractivity contribution in [2.24, 2.45) is 0 Å². The summed E-state index contributed by atoms with van der Waals surface area (Å²) in [5, 5.41) is 4.15. The van der Waals surface area contributed by atoms with Gasteiger partial charge in [0.2, 0.25) is 0 Å². The molecule has 0 radical (unpaired) electrons. The van der Waals surface area contributed by atoms with Gasteiger partial charge in [-0.05, 0) is 19.4 Å². The van der Waals surface area contributed by atoms with Gasteiger partial charge in [0.15, 0.2) is 0 Å². The number of carbonyl (C=O) groups is 1. The van der Waals surface area contributed by atoms with Crippen molar-refractivity contribution in [1.29, 1.82) is 0 Å². The van der Waals surface area contributed by atoms with Crippen LogP contribution in [0.15, 0.2) is 36.5 Å². The molecule has 1 aromatic carbocycles. The fourth-order valence-corrected chi connectivity index (χ4v) is 1.64. The maximum Gasteiger partial charge on any atom is 0.434 e. The maximum absolute atomic E-state index is 11.5. The van der Waals surface area contributed by atoms with E-state index < -0.39 is 6.09 Å². The minimum Gasteiger partial charge on any atom is -0.448 e. The van der Waals surface area contributed by atoms with E-state index in [4.69, 9.17) is 4.74 Å². The number of hydrogen-bond donors (Lipinski definition) is 0. The lowest BCUT2D eigenvalue weighted by Crippen LogP contribution is -2.13. The van der Waals surface area contributed by atoms with Crippen molar-refractivity contribution in [3.8, 4) is 11.1 Å². The van der Waals surface area contributed by atoms with Crippen molar-refractivity contribution < 1.29 is 9.53 Å². The lowest BCUT2D eigenvalue weighted by Gasteiger charge is -1.99. The number of aromatic nitrogens is 2. The minimum atomic E-state index is -0.446. The molecule has 0 fully saturated rings. The molecule has 0 amide bonds. The standard InChI is InChI=1S/C13H14N2O2/c1-3-17-13(16)15-9-12(10(2)14-15)11-7-5-4-6-8-11/h4-9H,3H2,1-2H3. The quantitative estimate of drug-likeness (QED) is 0.796. The Balaban J connectivity index is 2.35. The van der Waals surface area contributed by atoms with Gasteiger partial charge in [-0.3, -0.25) is 0 Å². The molecule has 88 valence electrons. The Hall–Kier alpha value is -2.10. The first kappa shape index (κ1) is 11.4. The zero-order valence-electron chi connectivity index (χ0n) is 9.88. The van der Waals surface area contributed by atoms with Crippen LogP contribution in [0.4, 0.5) is 4.79 Å². The summed E-state index contributed by atoms with van der Waals surface area (Å²) in [5.74, 6) is 0. The first-order valence-corrected chi connectivity index (χ1v) is 5.51. The van der Waals surface area contributed by atoms with Gasteiger partial charge in [0.25, 0.3) is 0 Å². The summed E-state index contributed by atoms with van der Waals surface area (Å²) < 4.78 is 6.13. The minimum absolute atomic E-state index is 0.346. The van der Waals surface area contributed by atoms with Gasteiger partial charge >= 0.3 is 6.09 Å². The summed E-state index contributed by atoms with van der Waals surface area (Å²) in [7, 11) is 0. The summed E-state index contributed by atoms with van der Waals surface area (Å²) in [6.07, 6.45) is 1.25. The summed E-state index contributed by atoms with van der Waals surface area (Å²) in [6.45, 7) is 3.99. The fraction of sp³-hybridized carbons (Fsp3) is 0.231. The lowest BCUT2D eigenvalue weighted by atomic mass is 10.1. The van der Waals surface area contributed by atoms with Crippen LogP contribution in [-0.4, -0.2) is 22.5 Å². The normalized spacial score (nSPS) is 10.2. The molecule has 0 saturated heterocycles. The predicted molar refractivity (Wildman–Crippen MR) is 64.8 cm³/mol. The van der Waals surface area contributed by atoms with Crippen LogP contribution in [0.3, 0.4) is 0 Å². The van der Waals surface area contributed by atoms with Crippen molar-refractivity contribution in [1.82, 2.24) is 9.78 Å². The molecule has 0 aliphatic carbocycles. The molecule has 2 rings (SSSR count). The third kappa shape index (κ3) is 2.36. The van der Waals surface area contributed by atoms with Gasteiger partial charge in [0, 0.05) is 11.8 Å². The van der Waals surface area contributed by atoms with E-state index in [-0.39, 0.29) is 0 Å². The van der Waals surface area contributed by atoms with Crippen molar-refractivity contribution in [2.75, 3.05) is 6.61 Å². The van der Waals surface area contributed by atoms with Crippen LogP contribution < -0.4 is 0 Å². The number of carbonyl (C=O) groups excluding carboxylic acids is 1. The fourth-order valence-electron chi connectivity index (χ4n) is 1.64. The van der Waals surface area contributed by atoms with E-state index in [1.807, 2.05) is 37.3 Å². The molecule has 0 saturated carbocycles. The van der Waals surface area contributed by atoms with E-state index in [9.17, 15) is 4.79 Å². The zero-order chi connectivity index (χ0) is 12.3. The Morgan fingerprint density at radius 2 is 2.06 bits per heavy atom. The number of rotatable bonds is 2. The molecule has 0 atom stereocenters. The van der Waals surface area contributed by atoms with Crippen LogP contribution in [0.1, 0.15) is 12.6 Å². The molecule has 2 aromatic rings. The average Bonchev–Trinajstić information content (AvgIpc) is 2.73. The molecule has 1 aromatic heterocycles. The van der Waals surface area contributed by atoms with E-state index in [0.29, 0.717) is 6.61 Å². The predicted octanol–water partition coefficient (Wildman–Crippen LogP) is 2.86.